The van der Waals surface area contributed by atoms with Crippen molar-refractivity contribution >= 4 is 17.7 Å². The van der Waals surface area contributed by atoms with Gasteiger partial charge in [0.15, 0.2) is 17.3 Å². The molecule has 1 aromatic carbocycles. The lowest BCUT2D eigenvalue weighted by Crippen LogP contribution is -2.55. The van der Waals surface area contributed by atoms with Crippen LogP contribution in [0, 0.1) is 5.41 Å². The number of nitrogens with zero attached hydrogens (tertiary/aromatic N) is 4. The van der Waals surface area contributed by atoms with Gasteiger partial charge in [-0.05, 0) is 36.7 Å². The largest absolute Gasteiger partial charge is 0.493 e. The fourth-order valence-electron chi connectivity index (χ4n) is 3.98. The topological polar surface area (TPSA) is 91.3 Å². The Kier molecular flexibility index (Phi) is 7.04. The summed E-state index contributed by atoms with van der Waals surface area (Å²) in [5.74, 6) is 2.43. The van der Waals surface area contributed by atoms with Crippen LogP contribution in [0.3, 0.4) is 0 Å². The van der Waals surface area contributed by atoms with Crippen molar-refractivity contribution in [3.63, 3.8) is 0 Å². The summed E-state index contributed by atoms with van der Waals surface area (Å²) in [7, 11) is 3.25. The predicted molar refractivity (Wildman–Crippen MR) is 132 cm³/mol. The molecular formula is C25H34N6O3. The quantitative estimate of drug-likeness (QED) is 0.716. The molecule has 4 rings (SSSR count). The second-order valence-corrected chi connectivity index (χ2v) is 9.53. The maximum Gasteiger partial charge on any atom is 0.232 e. The van der Waals surface area contributed by atoms with Crippen LogP contribution < -0.4 is 20.1 Å². The molecule has 0 radical (unpaired) electrons. The number of carbonyl (C=O) groups is 1. The summed E-state index contributed by atoms with van der Waals surface area (Å²) >= 11 is 0. The van der Waals surface area contributed by atoms with Gasteiger partial charge in [0.1, 0.15) is 0 Å². The van der Waals surface area contributed by atoms with Gasteiger partial charge in [-0.3, -0.25) is 15.1 Å². The third-order valence-corrected chi connectivity index (χ3v) is 6.00. The van der Waals surface area contributed by atoms with Crippen LogP contribution in [0.5, 0.6) is 11.5 Å². The minimum absolute atomic E-state index is 0.0744. The van der Waals surface area contributed by atoms with Crippen LogP contribution in [0.4, 0.5) is 5.82 Å². The highest BCUT2D eigenvalue weighted by Crippen LogP contribution is 2.34. The lowest BCUT2D eigenvalue weighted by molar-refractivity contribution is -0.127. The molecular weight excluding hydrogens is 432 g/mol. The molecule has 2 aromatic rings. The predicted octanol–water partition coefficient (Wildman–Crippen LogP) is 2.94. The van der Waals surface area contributed by atoms with E-state index >= 15 is 0 Å². The number of aromatic nitrogens is 1. The van der Waals surface area contributed by atoms with Crippen molar-refractivity contribution in [3.8, 4) is 22.6 Å². The average Bonchev–Trinajstić information content (AvgIpc) is 3.11. The minimum atomic E-state index is -0.528. The lowest BCUT2D eigenvalue weighted by atomic mass is 9.96. The van der Waals surface area contributed by atoms with E-state index in [1.54, 1.807) is 20.4 Å². The van der Waals surface area contributed by atoms with Crippen LogP contribution in [-0.4, -0.2) is 67.3 Å². The summed E-state index contributed by atoms with van der Waals surface area (Å²) in [6.45, 7) is 9.85. The van der Waals surface area contributed by atoms with Gasteiger partial charge in [0, 0.05) is 42.4 Å². The first-order chi connectivity index (χ1) is 16.3. The Morgan fingerprint density at radius 1 is 1.06 bits per heavy atom. The minimum Gasteiger partial charge on any atom is -0.493 e. The molecule has 34 heavy (non-hydrogen) atoms. The van der Waals surface area contributed by atoms with Gasteiger partial charge in [0.25, 0.3) is 0 Å². The van der Waals surface area contributed by atoms with Crippen LogP contribution >= 0.6 is 0 Å². The van der Waals surface area contributed by atoms with Gasteiger partial charge in [-0.1, -0.05) is 26.8 Å². The smallest absolute Gasteiger partial charge is 0.232 e. The molecule has 1 aromatic heterocycles. The van der Waals surface area contributed by atoms with E-state index in [0.717, 1.165) is 49.3 Å². The number of guanidine groups is 1. The van der Waals surface area contributed by atoms with E-state index in [9.17, 15) is 4.79 Å². The number of hydrazine groups is 1. The molecule has 0 bridgehead atoms. The Labute approximate surface area is 201 Å². The van der Waals surface area contributed by atoms with E-state index in [2.05, 4.69) is 31.7 Å². The number of fused-ring (bicyclic) bond motifs is 1. The fourth-order valence-corrected chi connectivity index (χ4v) is 3.98. The number of ether oxygens (including phenoxy) is 2. The van der Waals surface area contributed by atoms with Crippen LogP contribution in [0.15, 0.2) is 35.5 Å². The third-order valence-electron chi connectivity index (χ3n) is 6.00. The van der Waals surface area contributed by atoms with Crippen LogP contribution in [0.2, 0.25) is 0 Å². The Balaban J connectivity index is 1.69. The normalized spacial score (nSPS) is 16.9. The summed E-state index contributed by atoms with van der Waals surface area (Å²) < 4.78 is 10.8. The molecule has 3 heterocycles. The van der Waals surface area contributed by atoms with Crippen molar-refractivity contribution in [2.24, 2.45) is 10.4 Å². The molecule has 1 fully saturated rings. The zero-order valence-electron chi connectivity index (χ0n) is 20.6. The number of benzene rings is 1. The molecule has 0 unspecified atom stereocenters. The second kappa shape index (κ2) is 9.99. The number of hydrogen-bond acceptors (Lipinski definition) is 8. The van der Waals surface area contributed by atoms with E-state index in [1.807, 2.05) is 39.0 Å². The summed E-state index contributed by atoms with van der Waals surface area (Å²) in [4.78, 5) is 22.2. The molecule has 2 N–H and O–H groups in total. The lowest BCUT2D eigenvalue weighted by Gasteiger charge is -2.39. The Hall–Kier alpha value is -3.17. The Morgan fingerprint density at radius 2 is 1.85 bits per heavy atom. The highest BCUT2D eigenvalue weighted by molar-refractivity contribution is 6.00. The zero-order valence-corrected chi connectivity index (χ0v) is 20.6. The SMILES string of the molecule is COc1ccc(-c2cnc3c(c2)CN(N2CCCNCC2)C(NC(=O)C(C)(C)C)=N3)cc1OC. The van der Waals surface area contributed by atoms with Crippen molar-refractivity contribution in [2.75, 3.05) is 40.4 Å². The van der Waals surface area contributed by atoms with Gasteiger partial charge >= 0.3 is 0 Å². The molecule has 1 amide bonds. The maximum atomic E-state index is 12.8. The molecule has 0 spiro atoms. The maximum absolute atomic E-state index is 12.8. The van der Waals surface area contributed by atoms with E-state index in [0.29, 0.717) is 29.8 Å². The van der Waals surface area contributed by atoms with E-state index in [-0.39, 0.29) is 5.91 Å². The van der Waals surface area contributed by atoms with Gasteiger partial charge < -0.3 is 14.8 Å². The molecule has 1 saturated heterocycles. The molecule has 0 saturated carbocycles. The average molecular weight is 467 g/mol. The number of amides is 1. The molecule has 9 heteroatoms. The number of pyridine rings is 1. The zero-order chi connectivity index (χ0) is 24.3. The van der Waals surface area contributed by atoms with Crippen LogP contribution in [-0.2, 0) is 11.3 Å². The van der Waals surface area contributed by atoms with Gasteiger partial charge in [-0.15, -0.1) is 0 Å². The fraction of sp³-hybridized carbons (Fsp3) is 0.480. The van der Waals surface area contributed by atoms with Gasteiger partial charge in [-0.25, -0.2) is 9.99 Å². The van der Waals surface area contributed by atoms with Crippen molar-refractivity contribution in [2.45, 2.75) is 33.7 Å². The summed E-state index contributed by atoms with van der Waals surface area (Å²) in [6, 6.07) is 7.94. The molecule has 2 aliphatic heterocycles. The standard InChI is InChI=1S/C25H34N6O3/c1-25(2,3)23(32)29-24-28-22-19(16-31(24)30-11-6-9-26-10-12-30)13-18(15-27-22)17-7-8-20(33-4)21(14-17)34-5/h7-8,13-15,26H,6,9-12,16H2,1-5H3,(H,27,28,29,32). The van der Waals surface area contributed by atoms with Crippen LogP contribution in [0.1, 0.15) is 32.8 Å². The monoisotopic (exact) mass is 466 g/mol. The van der Waals surface area contributed by atoms with Crippen LogP contribution in [0.25, 0.3) is 11.1 Å². The van der Waals surface area contributed by atoms with Crippen molar-refractivity contribution in [1.29, 1.82) is 0 Å². The molecule has 0 aliphatic carbocycles. The number of nitrogens with one attached hydrogen (secondary N) is 2. The van der Waals surface area contributed by atoms with Crippen molar-refractivity contribution in [3.05, 3.63) is 36.0 Å². The second-order valence-electron chi connectivity index (χ2n) is 9.53. The molecule has 2 aliphatic rings. The Bertz CT molecular complexity index is 1070. The van der Waals surface area contributed by atoms with E-state index < -0.39 is 5.41 Å². The summed E-state index contributed by atoms with van der Waals surface area (Å²) in [5, 5.41) is 10.8. The number of methoxy groups -OCH3 is 2. The van der Waals surface area contributed by atoms with Gasteiger partial charge in [-0.2, -0.15) is 4.99 Å². The first-order valence-corrected chi connectivity index (χ1v) is 11.6. The van der Waals surface area contributed by atoms with E-state index in [1.165, 1.54) is 0 Å². The summed E-state index contributed by atoms with van der Waals surface area (Å²) in [5.41, 5.74) is 2.42. The number of aliphatic imine (C=N–C) groups is 1. The summed E-state index contributed by atoms with van der Waals surface area (Å²) in [6.07, 6.45) is 2.83. The molecule has 9 nitrogen and oxygen atoms in total. The van der Waals surface area contributed by atoms with Crippen molar-refractivity contribution < 1.29 is 14.3 Å². The number of carbonyl (C=O) groups excluding carboxylic acids is 1. The first-order valence-electron chi connectivity index (χ1n) is 11.6. The Morgan fingerprint density at radius 3 is 2.59 bits per heavy atom. The third kappa shape index (κ3) is 5.15. The van der Waals surface area contributed by atoms with E-state index in [4.69, 9.17) is 14.5 Å². The first kappa shape index (κ1) is 24.0. The van der Waals surface area contributed by atoms with Gasteiger partial charge in [0.2, 0.25) is 11.9 Å². The number of rotatable bonds is 4. The highest BCUT2D eigenvalue weighted by atomic mass is 16.5. The number of hydrogen-bond donors (Lipinski definition) is 2. The van der Waals surface area contributed by atoms with Gasteiger partial charge in [0.05, 0.1) is 20.8 Å². The molecule has 0 atom stereocenters. The van der Waals surface area contributed by atoms with Crippen molar-refractivity contribution in [1.82, 2.24) is 25.6 Å². The molecule has 182 valence electrons. The highest BCUT2D eigenvalue weighted by Gasteiger charge is 2.31.